The van der Waals surface area contributed by atoms with Gasteiger partial charge in [0.05, 0.1) is 22.4 Å². The summed E-state index contributed by atoms with van der Waals surface area (Å²) in [5.41, 5.74) is 16.0. The number of nitrogens with zero attached hydrogens (tertiary/aromatic N) is 3. The number of rotatable bonds is 6. The summed E-state index contributed by atoms with van der Waals surface area (Å²) in [5, 5.41) is 2.64. The second kappa shape index (κ2) is 12.7. The standard InChI is InChI=1S/C51H37N3/c1-51(2)31-30-39-27-29-46-48(49(39)51)43-28-26-41(32-47(43)54(46)42-16-10-5-11-17-42)36-20-18-34(19-21-36)35-22-24-40(25-23-35)50-52-44(37-12-6-3-7-13-37)33-45(53-50)38-14-8-4-9-15-38/h3-33H,1-2H3. The van der Waals surface area contributed by atoms with E-state index in [1.54, 1.807) is 0 Å². The molecule has 7 aromatic carbocycles. The van der Waals surface area contributed by atoms with E-state index in [4.69, 9.17) is 9.97 Å². The summed E-state index contributed by atoms with van der Waals surface area (Å²) in [6, 6.07) is 62.5. The fraction of sp³-hybridized carbons (Fsp3) is 0.0588. The van der Waals surface area contributed by atoms with Gasteiger partial charge in [0.2, 0.25) is 0 Å². The van der Waals surface area contributed by atoms with E-state index in [0.29, 0.717) is 5.82 Å². The highest BCUT2D eigenvalue weighted by Gasteiger charge is 2.30. The van der Waals surface area contributed by atoms with E-state index in [2.05, 4.69) is 170 Å². The molecule has 0 spiro atoms. The largest absolute Gasteiger partial charge is 0.309 e. The molecule has 10 rings (SSSR count). The Morgan fingerprint density at radius 3 is 1.56 bits per heavy atom. The lowest BCUT2D eigenvalue weighted by Gasteiger charge is -2.19. The second-order valence-electron chi connectivity index (χ2n) is 14.7. The molecule has 1 aliphatic carbocycles. The molecule has 0 N–H and O–H groups in total. The SMILES string of the molecule is CC1(C)C=Cc2ccc3c(c21)c1ccc(-c2ccc(-c4ccc(-c5nc(-c6ccccc6)cc(-c6ccccc6)n5)cc4)cc2)cc1n3-c1ccccc1. The van der Waals surface area contributed by atoms with Gasteiger partial charge in [0.15, 0.2) is 5.82 Å². The van der Waals surface area contributed by atoms with Crippen LogP contribution in [0.15, 0.2) is 182 Å². The fourth-order valence-corrected chi connectivity index (χ4v) is 8.13. The first kappa shape index (κ1) is 31.9. The van der Waals surface area contributed by atoms with E-state index in [9.17, 15) is 0 Å². The summed E-state index contributed by atoms with van der Waals surface area (Å²) in [6.07, 6.45) is 4.62. The van der Waals surface area contributed by atoms with Gasteiger partial charge in [-0.25, -0.2) is 9.97 Å². The summed E-state index contributed by atoms with van der Waals surface area (Å²) in [7, 11) is 0. The van der Waals surface area contributed by atoms with Crippen molar-refractivity contribution in [3.8, 4) is 61.8 Å². The third-order valence-electron chi connectivity index (χ3n) is 10.9. The van der Waals surface area contributed by atoms with Gasteiger partial charge in [-0.15, -0.1) is 0 Å². The van der Waals surface area contributed by atoms with Crippen LogP contribution in [0.3, 0.4) is 0 Å². The van der Waals surface area contributed by atoms with Crippen LogP contribution in [0.1, 0.15) is 25.0 Å². The lowest BCUT2D eigenvalue weighted by molar-refractivity contribution is 0.690. The van der Waals surface area contributed by atoms with Crippen molar-refractivity contribution in [2.75, 3.05) is 0 Å². The lowest BCUT2D eigenvalue weighted by Crippen LogP contribution is -2.11. The Balaban J connectivity index is 1.00. The minimum absolute atomic E-state index is 0.0261. The highest BCUT2D eigenvalue weighted by Crippen LogP contribution is 2.45. The van der Waals surface area contributed by atoms with Crippen molar-refractivity contribution in [3.05, 3.63) is 193 Å². The Hall–Kier alpha value is -6.84. The molecule has 3 heteroatoms. The van der Waals surface area contributed by atoms with Crippen molar-refractivity contribution in [1.82, 2.24) is 14.5 Å². The van der Waals surface area contributed by atoms with Gasteiger partial charge < -0.3 is 4.57 Å². The Kier molecular flexibility index (Phi) is 7.48. The molecule has 1 aliphatic rings. The molecular formula is C51H37N3. The molecule has 0 saturated heterocycles. The quantitative estimate of drug-likeness (QED) is 0.174. The first-order chi connectivity index (χ1) is 26.5. The fourth-order valence-electron chi connectivity index (χ4n) is 8.13. The van der Waals surface area contributed by atoms with Gasteiger partial charge in [-0.2, -0.15) is 0 Å². The van der Waals surface area contributed by atoms with Crippen LogP contribution in [0, 0.1) is 0 Å². The maximum Gasteiger partial charge on any atom is 0.160 e. The third kappa shape index (κ3) is 5.45. The van der Waals surface area contributed by atoms with Crippen LogP contribution in [0.4, 0.5) is 0 Å². The second-order valence-corrected chi connectivity index (χ2v) is 14.7. The van der Waals surface area contributed by atoms with Crippen LogP contribution in [0.25, 0.3) is 89.7 Å². The van der Waals surface area contributed by atoms with Gasteiger partial charge in [0.25, 0.3) is 0 Å². The van der Waals surface area contributed by atoms with E-state index in [-0.39, 0.29) is 5.41 Å². The van der Waals surface area contributed by atoms with Crippen molar-refractivity contribution < 1.29 is 0 Å². The zero-order chi connectivity index (χ0) is 36.2. The molecule has 0 amide bonds. The zero-order valence-electron chi connectivity index (χ0n) is 30.2. The number of allylic oxidation sites excluding steroid dienone is 1. The smallest absolute Gasteiger partial charge is 0.160 e. The molecule has 2 aromatic heterocycles. The molecule has 9 aromatic rings. The highest BCUT2D eigenvalue weighted by atomic mass is 15.0. The molecule has 3 nitrogen and oxygen atoms in total. The average Bonchev–Trinajstić information content (AvgIpc) is 3.74. The van der Waals surface area contributed by atoms with Crippen molar-refractivity contribution in [1.29, 1.82) is 0 Å². The summed E-state index contributed by atoms with van der Waals surface area (Å²) < 4.78 is 2.43. The predicted molar refractivity (Wildman–Crippen MR) is 226 cm³/mol. The van der Waals surface area contributed by atoms with E-state index in [1.807, 2.05) is 36.4 Å². The van der Waals surface area contributed by atoms with E-state index >= 15 is 0 Å². The molecule has 0 bridgehead atoms. The number of benzene rings is 7. The maximum atomic E-state index is 5.02. The molecule has 0 fully saturated rings. The maximum absolute atomic E-state index is 5.02. The van der Waals surface area contributed by atoms with E-state index in [0.717, 1.165) is 33.6 Å². The van der Waals surface area contributed by atoms with Gasteiger partial charge in [-0.1, -0.05) is 172 Å². The van der Waals surface area contributed by atoms with E-state index < -0.39 is 0 Å². The summed E-state index contributed by atoms with van der Waals surface area (Å²) in [5.74, 6) is 0.713. The predicted octanol–water partition coefficient (Wildman–Crippen LogP) is 13.2. The van der Waals surface area contributed by atoms with Crippen LogP contribution >= 0.6 is 0 Å². The molecule has 0 atom stereocenters. The highest BCUT2D eigenvalue weighted by molar-refractivity contribution is 6.13. The monoisotopic (exact) mass is 691 g/mol. The topological polar surface area (TPSA) is 30.7 Å². The third-order valence-corrected chi connectivity index (χ3v) is 10.9. The van der Waals surface area contributed by atoms with Gasteiger partial charge in [-0.3, -0.25) is 0 Å². The van der Waals surface area contributed by atoms with E-state index in [1.165, 1.54) is 55.3 Å². The lowest BCUT2D eigenvalue weighted by atomic mass is 9.84. The number of aromatic nitrogens is 3. The molecule has 54 heavy (non-hydrogen) atoms. The van der Waals surface area contributed by atoms with Crippen molar-refractivity contribution in [2.24, 2.45) is 0 Å². The Labute approximate surface area is 315 Å². The van der Waals surface area contributed by atoms with Crippen LogP contribution in [-0.4, -0.2) is 14.5 Å². The van der Waals surface area contributed by atoms with Crippen molar-refractivity contribution in [2.45, 2.75) is 19.3 Å². The van der Waals surface area contributed by atoms with Crippen LogP contribution in [0.5, 0.6) is 0 Å². The average molecular weight is 692 g/mol. The van der Waals surface area contributed by atoms with Crippen LogP contribution < -0.4 is 0 Å². The summed E-state index contributed by atoms with van der Waals surface area (Å²) in [6.45, 7) is 4.64. The molecule has 0 radical (unpaired) electrons. The first-order valence-electron chi connectivity index (χ1n) is 18.6. The molecular weight excluding hydrogens is 655 g/mol. The van der Waals surface area contributed by atoms with Crippen molar-refractivity contribution in [3.63, 3.8) is 0 Å². The summed E-state index contributed by atoms with van der Waals surface area (Å²) >= 11 is 0. The molecule has 2 heterocycles. The molecule has 0 unspecified atom stereocenters. The number of hydrogen-bond donors (Lipinski definition) is 0. The summed E-state index contributed by atoms with van der Waals surface area (Å²) in [4.78, 5) is 10.0. The molecule has 0 saturated carbocycles. The van der Waals surface area contributed by atoms with Crippen molar-refractivity contribution >= 4 is 27.9 Å². The van der Waals surface area contributed by atoms with Crippen LogP contribution in [0.2, 0.25) is 0 Å². The van der Waals surface area contributed by atoms with Gasteiger partial charge in [0.1, 0.15) is 0 Å². The normalized spacial score (nSPS) is 13.1. The van der Waals surface area contributed by atoms with Gasteiger partial charge >= 0.3 is 0 Å². The first-order valence-corrected chi connectivity index (χ1v) is 18.6. The minimum Gasteiger partial charge on any atom is -0.309 e. The molecule has 256 valence electrons. The molecule has 0 aliphatic heterocycles. The number of fused-ring (bicyclic) bond motifs is 5. The zero-order valence-corrected chi connectivity index (χ0v) is 30.2. The Bertz CT molecular complexity index is 2790. The van der Waals surface area contributed by atoms with Gasteiger partial charge in [-0.05, 0) is 63.7 Å². The Morgan fingerprint density at radius 1 is 0.444 bits per heavy atom. The minimum atomic E-state index is -0.0261. The van der Waals surface area contributed by atoms with Crippen LogP contribution in [-0.2, 0) is 5.41 Å². The van der Waals surface area contributed by atoms with Gasteiger partial charge in [0, 0.05) is 38.6 Å². The Morgan fingerprint density at radius 2 is 0.963 bits per heavy atom. The number of hydrogen-bond acceptors (Lipinski definition) is 2. The number of para-hydroxylation sites is 1.